The Labute approximate surface area is 103 Å². The van der Waals surface area contributed by atoms with Crippen LogP contribution < -0.4 is 10.1 Å². The molecule has 0 amide bonds. The summed E-state index contributed by atoms with van der Waals surface area (Å²) in [6.07, 6.45) is 2.43. The number of benzene rings is 1. The molecule has 1 aromatic carbocycles. The summed E-state index contributed by atoms with van der Waals surface area (Å²) in [5.74, 6) is 1.56. The topological polar surface area (TPSA) is 30.5 Å². The molecule has 17 heavy (non-hydrogen) atoms. The number of anilines is 1. The van der Waals surface area contributed by atoms with E-state index in [4.69, 9.17) is 9.47 Å². The lowest BCUT2D eigenvalue weighted by molar-refractivity contribution is 0.0595. The first kappa shape index (κ1) is 12.2. The maximum atomic E-state index is 5.58. The molecule has 1 unspecified atom stereocenters. The highest BCUT2D eigenvalue weighted by atomic mass is 16.5. The monoisotopic (exact) mass is 235 g/mol. The molecule has 3 nitrogen and oxygen atoms in total. The smallest absolute Gasteiger partial charge is 0.142 e. The zero-order valence-corrected chi connectivity index (χ0v) is 10.4. The van der Waals surface area contributed by atoms with Crippen LogP contribution in [0.2, 0.25) is 0 Å². The zero-order valence-electron chi connectivity index (χ0n) is 10.4. The van der Waals surface area contributed by atoms with E-state index in [0.717, 1.165) is 31.2 Å². The Kier molecular flexibility index (Phi) is 4.68. The fourth-order valence-corrected chi connectivity index (χ4v) is 2.12. The standard InChI is InChI=1S/C14H21NO2/c1-2-17-14-8-4-3-7-13(14)15-10-12-6-5-9-16-11-12/h3-4,7-8,12,15H,2,5-6,9-11H2,1H3. The van der Waals surface area contributed by atoms with Gasteiger partial charge in [-0.25, -0.2) is 0 Å². The molecule has 0 aliphatic carbocycles. The molecule has 0 spiro atoms. The molecule has 1 atom stereocenters. The Bertz CT molecular complexity index is 335. The predicted octanol–water partition coefficient (Wildman–Crippen LogP) is 2.92. The van der Waals surface area contributed by atoms with Crippen molar-refractivity contribution >= 4 is 5.69 Å². The van der Waals surface area contributed by atoms with E-state index in [0.29, 0.717) is 12.5 Å². The third-order valence-corrected chi connectivity index (χ3v) is 3.02. The van der Waals surface area contributed by atoms with Crippen molar-refractivity contribution in [1.82, 2.24) is 0 Å². The second-order valence-corrected chi connectivity index (χ2v) is 4.39. The van der Waals surface area contributed by atoms with Crippen LogP contribution in [0.4, 0.5) is 5.69 Å². The van der Waals surface area contributed by atoms with Gasteiger partial charge in [0.2, 0.25) is 0 Å². The van der Waals surface area contributed by atoms with Gasteiger partial charge < -0.3 is 14.8 Å². The molecule has 1 aliphatic rings. The molecule has 1 fully saturated rings. The number of hydrogen-bond donors (Lipinski definition) is 1. The maximum Gasteiger partial charge on any atom is 0.142 e. The molecule has 0 aromatic heterocycles. The van der Waals surface area contributed by atoms with Gasteiger partial charge in [0.25, 0.3) is 0 Å². The molecule has 0 radical (unpaired) electrons. The minimum atomic E-state index is 0.624. The molecule has 1 aliphatic heterocycles. The van der Waals surface area contributed by atoms with Gasteiger partial charge in [-0.1, -0.05) is 12.1 Å². The zero-order chi connectivity index (χ0) is 11.9. The Hall–Kier alpha value is -1.22. The van der Waals surface area contributed by atoms with Gasteiger partial charge in [-0.15, -0.1) is 0 Å². The summed E-state index contributed by atoms with van der Waals surface area (Å²) in [6, 6.07) is 8.10. The van der Waals surface area contributed by atoms with Crippen LogP contribution in [0, 0.1) is 5.92 Å². The molecule has 3 heteroatoms. The summed E-state index contributed by atoms with van der Waals surface area (Å²) in [4.78, 5) is 0. The van der Waals surface area contributed by atoms with E-state index < -0.39 is 0 Å². The van der Waals surface area contributed by atoms with E-state index >= 15 is 0 Å². The molecule has 1 heterocycles. The normalized spacial score (nSPS) is 19.9. The summed E-state index contributed by atoms with van der Waals surface area (Å²) in [5, 5.41) is 3.46. The summed E-state index contributed by atoms with van der Waals surface area (Å²) in [5.41, 5.74) is 1.08. The minimum absolute atomic E-state index is 0.624. The lowest BCUT2D eigenvalue weighted by Gasteiger charge is -2.23. The number of hydrogen-bond acceptors (Lipinski definition) is 3. The lowest BCUT2D eigenvalue weighted by Crippen LogP contribution is -2.24. The molecule has 1 saturated heterocycles. The number of ether oxygens (including phenoxy) is 2. The van der Waals surface area contributed by atoms with Gasteiger partial charge in [-0.3, -0.25) is 0 Å². The lowest BCUT2D eigenvalue weighted by atomic mass is 10.0. The largest absolute Gasteiger partial charge is 0.492 e. The fourth-order valence-electron chi connectivity index (χ4n) is 2.12. The molecule has 2 rings (SSSR count). The van der Waals surface area contributed by atoms with Crippen molar-refractivity contribution in [1.29, 1.82) is 0 Å². The third kappa shape index (κ3) is 3.63. The number of rotatable bonds is 5. The SMILES string of the molecule is CCOc1ccccc1NCC1CCCOC1. The average Bonchev–Trinajstić information content (AvgIpc) is 2.39. The maximum absolute atomic E-state index is 5.58. The first-order valence-electron chi connectivity index (χ1n) is 6.43. The van der Waals surface area contributed by atoms with Crippen molar-refractivity contribution in [2.45, 2.75) is 19.8 Å². The van der Waals surface area contributed by atoms with Gasteiger partial charge >= 0.3 is 0 Å². The molecule has 0 saturated carbocycles. The van der Waals surface area contributed by atoms with Crippen LogP contribution in [0.1, 0.15) is 19.8 Å². The van der Waals surface area contributed by atoms with Gasteiger partial charge in [0, 0.05) is 13.2 Å². The first-order chi connectivity index (χ1) is 8.40. The Morgan fingerprint density at radius 2 is 2.29 bits per heavy atom. The van der Waals surface area contributed by atoms with E-state index in [1.807, 2.05) is 25.1 Å². The van der Waals surface area contributed by atoms with Gasteiger partial charge in [0.05, 0.1) is 18.9 Å². The molecule has 1 aromatic rings. The Balaban J connectivity index is 1.88. The van der Waals surface area contributed by atoms with Crippen molar-refractivity contribution in [3.63, 3.8) is 0 Å². The minimum Gasteiger partial charge on any atom is -0.492 e. The highest BCUT2D eigenvalue weighted by Gasteiger charge is 2.14. The fraction of sp³-hybridized carbons (Fsp3) is 0.571. The van der Waals surface area contributed by atoms with Gasteiger partial charge in [0.1, 0.15) is 5.75 Å². The summed E-state index contributed by atoms with van der Waals surface area (Å²) in [7, 11) is 0. The van der Waals surface area contributed by atoms with Crippen LogP contribution >= 0.6 is 0 Å². The Morgan fingerprint density at radius 3 is 3.06 bits per heavy atom. The van der Waals surface area contributed by atoms with Gasteiger partial charge in [-0.2, -0.15) is 0 Å². The van der Waals surface area contributed by atoms with Crippen molar-refractivity contribution in [3.05, 3.63) is 24.3 Å². The van der Waals surface area contributed by atoms with Crippen LogP contribution in [-0.4, -0.2) is 26.4 Å². The Morgan fingerprint density at radius 1 is 1.41 bits per heavy atom. The summed E-state index contributed by atoms with van der Waals surface area (Å²) >= 11 is 0. The van der Waals surface area contributed by atoms with Crippen LogP contribution in [0.3, 0.4) is 0 Å². The molecule has 1 N–H and O–H groups in total. The number of nitrogens with one attached hydrogen (secondary N) is 1. The average molecular weight is 235 g/mol. The van der Waals surface area contributed by atoms with Gasteiger partial charge in [0.15, 0.2) is 0 Å². The van der Waals surface area contributed by atoms with Crippen LogP contribution in [0.5, 0.6) is 5.75 Å². The summed E-state index contributed by atoms with van der Waals surface area (Å²) in [6.45, 7) is 5.47. The van der Waals surface area contributed by atoms with Crippen molar-refractivity contribution < 1.29 is 9.47 Å². The van der Waals surface area contributed by atoms with Gasteiger partial charge in [-0.05, 0) is 37.8 Å². The second-order valence-electron chi connectivity index (χ2n) is 4.39. The molecular weight excluding hydrogens is 214 g/mol. The van der Waals surface area contributed by atoms with E-state index in [1.54, 1.807) is 0 Å². The first-order valence-corrected chi connectivity index (χ1v) is 6.43. The number of para-hydroxylation sites is 2. The molecule has 0 bridgehead atoms. The van der Waals surface area contributed by atoms with E-state index in [1.165, 1.54) is 12.8 Å². The second kappa shape index (κ2) is 6.50. The third-order valence-electron chi connectivity index (χ3n) is 3.02. The highest BCUT2D eigenvalue weighted by molar-refractivity contribution is 5.56. The van der Waals surface area contributed by atoms with Crippen LogP contribution in [0.25, 0.3) is 0 Å². The van der Waals surface area contributed by atoms with Crippen molar-refractivity contribution in [2.24, 2.45) is 5.92 Å². The molecule has 94 valence electrons. The van der Waals surface area contributed by atoms with Crippen molar-refractivity contribution in [2.75, 3.05) is 31.7 Å². The highest BCUT2D eigenvalue weighted by Crippen LogP contribution is 2.24. The molecular formula is C14H21NO2. The van der Waals surface area contributed by atoms with E-state index in [9.17, 15) is 0 Å². The van der Waals surface area contributed by atoms with E-state index in [-0.39, 0.29) is 0 Å². The van der Waals surface area contributed by atoms with E-state index in [2.05, 4.69) is 11.4 Å². The quantitative estimate of drug-likeness (QED) is 0.851. The predicted molar refractivity (Wildman–Crippen MR) is 69.6 cm³/mol. The van der Waals surface area contributed by atoms with Crippen LogP contribution in [0.15, 0.2) is 24.3 Å². The van der Waals surface area contributed by atoms with Crippen LogP contribution in [-0.2, 0) is 4.74 Å². The summed E-state index contributed by atoms with van der Waals surface area (Å²) < 4.78 is 11.1. The van der Waals surface area contributed by atoms with Crippen molar-refractivity contribution in [3.8, 4) is 5.75 Å².